The zero-order valence-electron chi connectivity index (χ0n) is 6.48. The molecule has 0 aromatic heterocycles. The number of ether oxygens (including phenoxy) is 1. The van der Waals surface area contributed by atoms with Crippen molar-refractivity contribution in [1.29, 1.82) is 0 Å². The van der Waals surface area contributed by atoms with E-state index in [1.54, 1.807) is 0 Å². The molecule has 0 bridgehead atoms. The highest BCUT2D eigenvalue weighted by Crippen LogP contribution is 2.06. The minimum absolute atomic E-state index is 0.111. The third-order valence-electron chi connectivity index (χ3n) is 1.42. The molecule has 12 heavy (non-hydrogen) atoms. The lowest BCUT2D eigenvalue weighted by Crippen LogP contribution is -2.28. The first-order chi connectivity index (χ1) is 5.65. The number of aliphatic imine (C=N–C) groups is 1. The number of nitrogens with zero attached hydrogens (tertiary/aromatic N) is 1. The summed E-state index contributed by atoms with van der Waals surface area (Å²) in [6.45, 7) is 0. The Bertz CT molecular complexity index is 280. The summed E-state index contributed by atoms with van der Waals surface area (Å²) in [4.78, 5) is 25.6. The Balaban J connectivity index is 2.79. The molecule has 64 valence electrons. The molecule has 0 aromatic rings. The molecular weight excluding hydrogens is 160 g/mol. The van der Waals surface area contributed by atoms with Crippen molar-refractivity contribution in [3.8, 4) is 0 Å². The van der Waals surface area contributed by atoms with Crippen molar-refractivity contribution in [2.45, 2.75) is 0 Å². The summed E-state index contributed by atoms with van der Waals surface area (Å²) in [6.07, 6.45) is 2.30. The Labute approximate surface area is 68.9 Å². The SMILES string of the molecule is COC(=O)C1C=NC(N)=CC1=O. The molecule has 0 aromatic carbocycles. The van der Waals surface area contributed by atoms with Crippen LogP contribution in [-0.2, 0) is 14.3 Å². The molecule has 1 atom stereocenters. The Kier molecular flexibility index (Phi) is 2.23. The molecule has 2 N–H and O–H groups in total. The van der Waals surface area contributed by atoms with Crippen LogP contribution < -0.4 is 5.73 Å². The first-order valence-electron chi connectivity index (χ1n) is 3.28. The van der Waals surface area contributed by atoms with E-state index in [-0.39, 0.29) is 5.82 Å². The molecule has 1 rings (SSSR count). The number of methoxy groups -OCH3 is 1. The van der Waals surface area contributed by atoms with Crippen molar-refractivity contribution in [1.82, 2.24) is 0 Å². The maximum Gasteiger partial charge on any atom is 0.322 e. The normalized spacial score (nSPS) is 21.9. The Hall–Kier alpha value is -1.65. The van der Waals surface area contributed by atoms with Crippen LogP contribution >= 0.6 is 0 Å². The van der Waals surface area contributed by atoms with Gasteiger partial charge < -0.3 is 10.5 Å². The predicted octanol–water partition coefficient (Wildman–Crippen LogP) is -0.771. The van der Waals surface area contributed by atoms with E-state index < -0.39 is 17.7 Å². The summed E-state index contributed by atoms with van der Waals surface area (Å²) in [7, 11) is 1.21. The molecule has 5 nitrogen and oxygen atoms in total. The minimum atomic E-state index is -0.928. The van der Waals surface area contributed by atoms with Crippen LogP contribution in [0.25, 0.3) is 0 Å². The summed E-state index contributed by atoms with van der Waals surface area (Å²) in [6, 6.07) is 0. The number of allylic oxidation sites excluding steroid dienone is 1. The number of carbonyl (C=O) groups is 2. The van der Waals surface area contributed by atoms with E-state index in [1.165, 1.54) is 13.3 Å². The second-order valence-electron chi connectivity index (χ2n) is 2.25. The topological polar surface area (TPSA) is 81.8 Å². The molecular formula is C7H8N2O3. The van der Waals surface area contributed by atoms with Crippen LogP contribution in [0.3, 0.4) is 0 Å². The van der Waals surface area contributed by atoms with Crippen molar-refractivity contribution in [3.05, 3.63) is 11.9 Å². The molecule has 0 spiro atoms. The highest BCUT2D eigenvalue weighted by molar-refractivity contribution is 6.17. The largest absolute Gasteiger partial charge is 0.468 e. The van der Waals surface area contributed by atoms with Gasteiger partial charge in [-0.1, -0.05) is 0 Å². The van der Waals surface area contributed by atoms with E-state index in [2.05, 4.69) is 9.73 Å². The standard InChI is InChI=1S/C7H8N2O3/c1-12-7(11)4-3-9-6(8)2-5(4)10/h2-4H,8H2,1H3. The van der Waals surface area contributed by atoms with Gasteiger partial charge in [0.1, 0.15) is 5.82 Å². The Morgan fingerprint density at radius 1 is 1.75 bits per heavy atom. The van der Waals surface area contributed by atoms with Gasteiger partial charge in [-0.2, -0.15) is 0 Å². The molecule has 0 saturated heterocycles. The van der Waals surface area contributed by atoms with Crippen LogP contribution in [0.5, 0.6) is 0 Å². The summed E-state index contributed by atoms with van der Waals surface area (Å²) < 4.78 is 4.37. The van der Waals surface area contributed by atoms with Gasteiger partial charge in [-0.25, -0.2) is 4.99 Å². The fraction of sp³-hybridized carbons (Fsp3) is 0.286. The molecule has 5 heteroatoms. The molecule has 0 aliphatic carbocycles. The summed E-state index contributed by atoms with van der Waals surface area (Å²) in [5.74, 6) is -1.83. The van der Waals surface area contributed by atoms with Crippen molar-refractivity contribution >= 4 is 18.0 Å². The van der Waals surface area contributed by atoms with E-state index in [0.29, 0.717) is 0 Å². The molecule has 0 radical (unpaired) electrons. The van der Waals surface area contributed by atoms with Crippen LogP contribution in [0.2, 0.25) is 0 Å². The zero-order valence-corrected chi connectivity index (χ0v) is 6.48. The van der Waals surface area contributed by atoms with E-state index in [1.807, 2.05) is 0 Å². The average Bonchev–Trinajstić information content (AvgIpc) is 2.03. The van der Waals surface area contributed by atoms with Gasteiger partial charge >= 0.3 is 5.97 Å². The lowest BCUT2D eigenvalue weighted by molar-refractivity contribution is -0.145. The Morgan fingerprint density at radius 3 is 2.92 bits per heavy atom. The second kappa shape index (κ2) is 3.17. The van der Waals surface area contributed by atoms with Gasteiger partial charge in [0.15, 0.2) is 11.7 Å². The third kappa shape index (κ3) is 1.50. The summed E-state index contributed by atoms with van der Waals surface area (Å²) in [5, 5.41) is 0. The predicted molar refractivity (Wildman–Crippen MR) is 41.3 cm³/mol. The van der Waals surface area contributed by atoms with E-state index in [4.69, 9.17) is 5.73 Å². The highest BCUT2D eigenvalue weighted by Gasteiger charge is 2.26. The summed E-state index contributed by atoms with van der Waals surface area (Å²) >= 11 is 0. The molecule has 1 aliphatic rings. The van der Waals surface area contributed by atoms with E-state index in [9.17, 15) is 9.59 Å². The molecule has 1 unspecified atom stereocenters. The third-order valence-corrected chi connectivity index (χ3v) is 1.42. The number of nitrogens with two attached hydrogens (primary N) is 1. The second-order valence-corrected chi connectivity index (χ2v) is 2.25. The Morgan fingerprint density at radius 2 is 2.42 bits per heavy atom. The number of ketones is 1. The fourth-order valence-corrected chi connectivity index (χ4v) is 0.811. The van der Waals surface area contributed by atoms with E-state index in [0.717, 1.165) is 6.08 Å². The number of esters is 1. The first kappa shape index (κ1) is 8.45. The van der Waals surface area contributed by atoms with Gasteiger partial charge in [0.05, 0.1) is 7.11 Å². The van der Waals surface area contributed by atoms with Crippen LogP contribution in [0.1, 0.15) is 0 Å². The van der Waals surface area contributed by atoms with E-state index >= 15 is 0 Å². The molecule has 0 saturated carbocycles. The van der Waals surface area contributed by atoms with Crippen LogP contribution in [0.4, 0.5) is 0 Å². The smallest absolute Gasteiger partial charge is 0.322 e. The highest BCUT2D eigenvalue weighted by atomic mass is 16.5. The monoisotopic (exact) mass is 168 g/mol. The quantitative estimate of drug-likeness (QED) is 0.411. The van der Waals surface area contributed by atoms with Crippen LogP contribution in [0, 0.1) is 5.92 Å². The number of carbonyl (C=O) groups excluding carboxylic acids is 2. The van der Waals surface area contributed by atoms with Gasteiger partial charge in [0.2, 0.25) is 0 Å². The average molecular weight is 168 g/mol. The molecule has 0 fully saturated rings. The van der Waals surface area contributed by atoms with Crippen molar-refractivity contribution in [2.75, 3.05) is 7.11 Å². The maximum absolute atomic E-state index is 11.1. The van der Waals surface area contributed by atoms with Crippen LogP contribution in [0.15, 0.2) is 16.9 Å². The van der Waals surface area contributed by atoms with Gasteiger partial charge in [-0.15, -0.1) is 0 Å². The van der Waals surface area contributed by atoms with Gasteiger partial charge in [-0.05, 0) is 0 Å². The van der Waals surface area contributed by atoms with Crippen molar-refractivity contribution in [2.24, 2.45) is 16.6 Å². The number of rotatable bonds is 1. The first-order valence-corrected chi connectivity index (χ1v) is 3.28. The lowest BCUT2D eigenvalue weighted by atomic mass is 10.0. The minimum Gasteiger partial charge on any atom is -0.468 e. The maximum atomic E-state index is 11.1. The molecule has 1 aliphatic heterocycles. The lowest BCUT2D eigenvalue weighted by Gasteiger charge is -2.09. The van der Waals surface area contributed by atoms with Gasteiger partial charge in [0, 0.05) is 12.3 Å². The zero-order chi connectivity index (χ0) is 9.14. The van der Waals surface area contributed by atoms with Gasteiger partial charge in [-0.3, -0.25) is 9.59 Å². The molecule has 0 amide bonds. The fourth-order valence-electron chi connectivity index (χ4n) is 0.811. The van der Waals surface area contributed by atoms with Gasteiger partial charge in [0.25, 0.3) is 0 Å². The van der Waals surface area contributed by atoms with Crippen molar-refractivity contribution < 1.29 is 14.3 Å². The van der Waals surface area contributed by atoms with Crippen LogP contribution in [-0.4, -0.2) is 25.1 Å². The number of hydrogen-bond acceptors (Lipinski definition) is 5. The summed E-state index contributed by atoms with van der Waals surface area (Å²) in [5.41, 5.74) is 5.22. The van der Waals surface area contributed by atoms with Crippen molar-refractivity contribution in [3.63, 3.8) is 0 Å². The number of hydrogen-bond donors (Lipinski definition) is 1. The molecule has 1 heterocycles.